The summed E-state index contributed by atoms with van der Waals surface area (Å²) in [6.45, 7) is 0. The number of aromatic nitrogens is 1. The van der Waals surface area contributed by atoms with Gasteiger partial charge in [-0.1, -0.05) is 30.3 Å². The smallest absolute Gasteiger partial charge is 0.250 e. The SMILES string of the molecule is Cn1cc(C2=C3N=C(Cc4ccco4)C(O)N3C=C(c3ccccc3)N2)ccc1=O. The number of fused-ring (bicyclic) bond motifs is 1. The maximum Gasteiger partial charge on any atom is 0.250 e. The lowest BCUT2D eigenvalue weighted by molar-refractivity contribution is 0.131. The van der Waals surface area contributed by atoms with Gasteiger partial charge < -0.3 is 19.4 Å². The van der Waals surface area contributed by atoms with Gasteiger partial charge in [0.05, 0.1) is 23.4 Å². The van der Waals surface area contributed by atoms with E-state index in [1.807, 2.05) is 48.7 Å². The number of furan rings is 1. The Bertz CT molecular complexity index is 1240. The van der Waals surface area contributed by atoms with E-state index in [1.165, 1.54) is 10.6 Å². The molecular weight excluding hydrogens is 380 g/mol. The summed E-state index contributed by atoms with van der Waals surface area (Å²) in [4.78, 5) is 18.3. The van der Waals surface area contributed by atoms with Crippen LogP contribution in [0.25, 0.3) is 11.4 Å². The molecule has 30 heavy (non-hydrogen) atoms. The summed E-state index contributed by atoms with van der Waals surface area (Å²) in [5, 5.41) is 14.4. The molecule has 0 bridgehead atoms. The molecule has 7 heteroatoms. The highest BCUT2D eigenvalue weighted by atomic mass is 16.3. The van der Waals surface area contributed by atoms with Crippen molar-refractivity contribution in [2.45, 2.75) is 12.6 Å². The molecule has 1 unspecified atom stereocenters. The Hall–Kier alpha value is -3.84. The van der Waals surface area contributed by atoms with Crippen molar-refractivity contribution in [3.63, 3.8) is 0 Å². The summed E-state index contributed by atoms with van der Waals surface area (Å²) in [6, 6.07) is 16.8. The summed E-state index contributed by atoms with van der Waals surface area (Å²) in [7, 11) is 1.71. The lowest BCUT2D eigenvalue weighted by Gasteiger charge is -2.29. The lowest BCUT2D eigenvalue weighted by atomic mass is 10.1. The van der Waals surface area contributed by atoms with Gasteiger partial charge in [0.15, 0.2) is 12.0 Å². The fraction of sp³-hybridized carbons (Fsp3) is 0.130. The monoisotopic (exact) mass is 400 g/mol. The number of benzene rings is 1. The normalized spacial score (nSPS) is 18.1. The van der Waals surface area contributed by atoms with Gasteiger partial charge in [0, 0.05) is 37.5 Å². The van der Waals surface area contributed by atoms with Gasteiger partial charge in [-0.2, -0.15) is 0 Å². The number of nitrogens with one attached hydrogen (secondary N) is 1. The van der Waals surface area contributed by atoms with Crippen LogP contribution in [0.4, 0.5) is 0 Å². The predicted molar refractivity (Wildman–Crippen MR) is 114 cm³/mol. The molecule has 2 aliphatic rings. The molecule has 7 nitrogen and oxygen atoms in total. The number of hydrogen-bond donors (Lipinski definition) is 2. The van der Waals surface area contributed by atoms with Gasteiger partial charge in [-0.05, 0) is 23.8 Å². The van der Waals surface area contributed by atoms with Crippen LogP contribution in [0.15, 0.2) is 93.3 Å². The van der Waals surface area contributed by atoms with Crippen molar-refractivity contribution in [1.29, 1.82) is 0 Å². The molecule has 3 aromatic rings. The number of aryl methyl sites for hydroxylation is 1. The van der Waals surface area contributed by atoms with E-state index in [1.54, 1.807) is 30.5 Å². The van der Waals surface area contributed by atoms with Crippen molar-refractivity contribution in [2.75, 3.05) is 0 Å². The first-order chi connectivity index (χ1) is 14.6. The lowest BCUT2D eigenvalue weighted by Crippen LogP contribution is -2.35. The standard InChI is InChI=1S/C23H20N4O3/c1-26-13-16(9-10-20(26)28)21-22-25-18(12-17-8-5-11-30-17)23(29)27(22)14-19(24-21)15-6-3-2-4-7-15/h2-11,13-14,23-24,29H,12H2,1H3. The molecule has 1 atom stereocenters. The van der Waals surface area contributed by atoms with Crippen LogP contribution in [0, 0.1) is 0 Å². The van der Waals surface area contributed by atoms with Crippen molar-refractivity contribution in [3.05, 3.63) is 106 Å². The van der Waals surface area contributed by atoms with Crippen LogP contribution in [-0.4, -0.2) is 26.5 Å². The van der Waals surface area contributed by atoms with Crippen molar-refractivity contribution in [1.82, 2.24) is 14.8 Å². The molecule has 0 fully saturated rings. The molecule has 2 N–H and O–H groups in total. The van der Waals surface area contributed by atoms with Gasteiger partial charge in [-0.15, -0.1) is 0 Å². The summed E-state index contributed by atoms with van der Waals surface area (Å²) < 4.78 is 6.95. The maximum atomic E-state index is 11.9. The van der Waals surface area contributed by atoms with Crippen LogP contribution in [-0.2, 0) is 13.5 Å². The van der Waals surface area contributed by atoms with E-state index in [2.05, 4.69) is 5.32 Å². The largest absolute Gasteiger partial charge is 0.469 e. The third kappa shape index (κ3) is 3.15. The van der Waals surface area contributed by atoms with Gasteiger partial charge in [0.2, 0.25) is 5.56 Å². The summed E-state index contributed by atoms with van der Waals surface area (Å²) in [6.07, 6.45) is 4.72. The van der Waals surface area contributed by atoms with Crippen LogP contribution in [0.3, 0.4) is 0 Å². The molecule has 0 aliphatic carbocycles. The number of hydrogen-bond acceptors (Lipinski definition) is 6. The molecule has 0 spiro atoms. The van der Waals surface area contributed by atoms with Gasteiger partial charge in [0.1, 0.15) is 5.76 Å². The first kappa shape index (κ1) is 18.2. The van der Waals surface area contributed by atoms with Crippen LogP contribution in [0.5, 0.6) is 0 Å². The van der Waals surface area contributed by atoms with E-state index >= 15 is 0 Å². The van der Waals surface area contributed by atoms with Crippen LogP contribution >= 0.6 is 0 Å². The molecule has 0 amide bonds. The molecule has 0 saturated carbocycles. The second-order valence-corrected chi connectivity index (χ2v) is 7.24. The second-order valence-electron chi connectivity index (χ2n) is 7.24. The molecular formula is C23H20N4O3. The molecule has 5 rings (SSSR count). The minimum atomic E-state index is -0.909. The third-order valence-electron chi connectivity index (χ3n) is 5.20. The van der Waals surface area contributed by atoms with Gasteiger partial charge in [0.25, 0.3) is 0 Å². The minimum absolute atomic E-state index is 0.0932. The summed E-state index contributed by atoms with van der Waals surface area (Å²) >= 11 is 0. The fourth-order valence-electron chi connectivity index (χ4n) is 3.64. The summed E-state index contributed by atoms with van der Waals surface area (Å²) in [5.74, 6) is 1.33. The number of rotatable bonds is 4. The Morgan fingerprint density at radius 2 is 1.93 bits per heavy atom. The van der Waals surface area contributed by atoms with Crippen molar-refractivity contribution in [2.24, 2.45) is 12.0 Å². The zero-order chi connectivity index (χ0) is 20.7. The number of aliphatic imine (C=N–C) groups is 1. The average molecular weight is 400 g/mol. The molecule has 0 radical (unpaired) electrons. The molecule has 4 heterocycles. The fourth-order valence-corrected chi connectivity index (χ4v) is 3.64. The van der Waals surface area contributed by atoms with E-state index in [4.69, 9.17) is 9.41 Å². The highest BCUT2D eigenvalue weighted by molar-refractivity contribution is 5.95. The second kappa shape index (κ2) is 7.20. The molecule has 1 aromatic carbocycles. The van der Waals surface area contributed by atoms with Crippen LogP contribution < -0.4 is 10.9 Å². The van der Waals surface area contributed by atoms with Crippen molar-refractivity contribution in [3.8, 4) is 0 Å². The minimum Gasteiger partial charge on any atom is -0.469 e. The predicted octanol–water partition coefficient (Wildman–Crippen LogP) is 2.52. The quantitative estimate of drug-likeness (QED) is 0.703. The molecule has 2 aliphatic heterocycles. The zero-order valence-corrected chi connectivity index (χ0v) is 16.3. The zero-order valence-electron chi connectivity index (χ0n) is 16.3. The maximum absolute atomic E-state index is 11.9. The average Bonchev–Trinajstić information content (AvgIpc) is 3.39. The van der Waals surface area contributed by atoms with E-state index in [0.29, 0.717) is 18.0 Å². The molecule has 0 saturated heterocycles. The Balaban J connectivity index is 1.62. The first-order valence-electron chi connectivity index (χ1n) is 9.62. The number of nitrogens with zero attached hydrogens (tertiary/aromatic N) is 3. The molecule has 2 aromatic heterocycles. The van der Waals surface area contributed by atoms with Crippen LogP contribution in [0.2, 0.25) is 0 Å². The topological polar surface area (TPSA) is 83.0 Å². The third-order valence-corrected chi connectivity index (χ3v) is 5.20. The van der Waals surface area contributed by atoms with Crippen LogP contribution in [0.1, 0.15) is 16.9 Å². The Kier molecular flexibility index (Phi) is 4.37. The van der Waals surface area contributed by atoms with Crippen molar-refractivity contribution < 1.29 is 9.52 Å². The first-order valence-corrected chi connectivity index (χ1v) is 9.62. The Labute approximate surface area is 172 Å². The van der Waals surface area contributed by atoms with Gasteiger partial charge in [-0.25, -0.2) is 4.99 Å². The van der Waals surface area contributed by atoms with E-state index < -0.39 is 6.23 Å². The van der Waals surface area contributed by atoms with E-state index in [0.717, 1.165) is 28.3 Å². The number of aliphatic hydroxyl groups is 1. The molecule has 150 valence electrons. The van der Waals surface area contributed by atoms with Crippen molar-refractivity contribution >= 4 is 17.1 Å². The van der Waals surface area contributed by atoms with Gasteiger partial charge >= 0.3 is 0 Å². The Morgan fingerprint density at radius 3 is 2.67 bits per heavy atom. The highest BCUT2D eigenvalue weighted by Gasteiger charge is 2.35. The highest BCUT2D eigenvalue weighted by Crippen LogP contribution is 2.34. The Morgan fingerprint density at radius 1 is 1.10 bits per heavy atom. The summed E-state index contributed by atoms with van der Waals surface area (Å²) in [5.41, 5.74) is 3.83. The number of aliphatic hydroxyl groups excluding tert-OH is 1. The van der Waals surface area contributed by atoms with Gasteiger partial charge in [-0.3, -0.25) is 9.69 Å². The number of pyridine rings is 1. The van der Waals surface area contributed by atoms with E-state index in [-0.39, 0.29) is 5.56 Å². The van der Waals surface area contributed by atoms with E-state index in [9.17, 15) is 9.90 Å².